The maximum atomic E-state index is 11.6. The Morgan fingerprint density at radius 3 is 2.17 bits per heavy atom. The van der Waals surface area contributed by atoms with Gasteiger partial charge in [-0.15, -0.1) is 0 Å². The molecule has 0 unspecified atom stereocenters. The number of carbonyl (C=O) groups is 1. The fourth-order valence-corrected chi connectivity index (χ4v) is 3.29. The van der Waals surface area contributed by atoms with E-state index in [9.17, 15) is 15.0 Å². The normalized spacial score (nSPS) is 26.8. The lowest BCUT2D eigenvalue weighted by molar-refractivity contribution is -0.266. The Hall–Kier alpha value is -2.29. The van der Waals surface area contributed by atoms with Crippen LogP contribution in [-0.4, -0.2) is 53.4 Å². The molecule has 7 heteroatoms. The Morgan fingerprint density at radius 2 is 1.59 bits per heavy atom. The molecule has 5 atom stereocenters. The van der Waals surface area contributed by atoms with Crippen LogP contribution in [0.1, 0.15) is 18.1 Å². The van der Waals surface area contributed by atoms with Crippen LogP contribution < -0.4 is 5.32 Å². The third-order valence-corrected chi connectivity index (χ3v) is 4.74. The van der Waals surface area contributed by atoms with E-state index in [1.165, 1.54) is 6.92 Å². The Kier molecular flexibility index (Phi) is 7.74. The maximum Gasteiger partial charge on any atom is 0.217 e. The number of carbonyl (C=O) groups excluding carboxylic acids is 1. The smallest absolute Gasteiger partial charge is 0.217 e. The van der Waals surface area contributed by atoms with E-state index in [-0.39, 0.29) is 19.1 Å². The molecule has 7 nitrogen and oxygen atoms in total. The molecule has 0 saturated carbocycles. The summed E-state index contributed by atoms with van der Waals surface area (Å²) in [5, 5.41) is 23.8. The van der Waals surface area contributed by atoms with Crippen LogP contribution in [0, 0.1) is 0 Å². The van der Waals surface area contributed by atoms with Gasteiger partial charge in [-0.1, -0.05) is 60.7 Å². The molecule has 0 aliphatic carbocycles. The molecule has 0 aromatic heterocycles. The van der Waals surface area contributed by atoms with Crippen molar-refractivity contribution in [3.05, 3.63) is 71.8 Å². The van der Waals surface area contributed by atoms with Crippen molar-refractivity contribution in [1.82, 2.24) is 5.32 Å². The molecule has 0 spiro atoms. The minimum atomic E-state index is -1.33. The van der Waals surface area contributed by atoms with Gasteiger partial charge >= 0.3 is 0 Å². The predicted molar refractivity (Wildman–Crippen MR) is 106 cm³/mol. The van der Waals surface area contributed by atoms with Crippen LogP contribution in [0.25, 0.3) is 0 Å². The van der Waals surface area contributed by atoms with Gasteiger partial charge in [-0.05, 0) is 11.1 Å². The van der Waals surface area contributed by atoms with Crippen LogP contribution in [0.4, 0.5) is 0 Å². The molecule has 1 fully saturated rings. The van der Waals surface area contributed by atoms with E-state index in [0.717, 1.165) is 11.1 Å². The van der Waals surface area contributed by atoms with Crippen molar-refractivity contribution in [2.24, 2.45) is 0 Å². The van der Waals surface area contributed by atoms with E-state index >= 15 is 0 Å². The third-order valence-electron chi connectivity index (χ3n) is 4.74. The number of amides is 1. The Labute approximate surface area is 170 Å². The number of aliphatic hydroxyl groups excluding tert-OH is 2. The van der Waals surface area contributed by atoms with Crippen molar-refractivity contribution >= 4 is 5.91 Å². The van der Waals surface area contributed by atoms with Gasteiger partial charge in [0.05, 0.1) is 19.8 Å². The summed E-state index contributed by atoms with van der Waals surface area (Å²) >= 11 is 0. The lowest BCUT2D eigenvalue weighted by Crippen LogP contribution is -2.64. The van der Waals surface area contributed by atoms with Crippen LogP contribution in [0.3, 0.4) is 0 Å². The second kappa shape index (κ2) is 10.5. The van der Waals surface area contributed by atoms with Crippen LogP contribution in [0.5, 0.6) is 0 Å². The summed E-state index contributed by atoms with van der Waals surface area (Å²) in [5.41, 5.74) is 1.91. The quantitative estimate of drug-likeness (QED) is 0.618. The van der Waals surface area contributed by atoms with Gasteiger partial charge in [0.15, 0.2) is 6.29 Å². The number of hydrogen-bond donors (Lipinski definition) is 3. The first-order chi connectivity index (χ1) is 14.0. The molecule has 0 radical (unpaired) electrons. The second-order valence-corrected chi connectivity index (χ2v) is 7.04. The second-order valence-electron chi connectivity index (χ2n) is 7.04. The first kappa shape index (κ1) is 21.4. The van der Waals surface area contributed by atoms with Gasteiger partial charge in [0, 0.05) is 6.92 Å². The van der Waals surface area contributed by atoms with E-state index in [1.807, 2.05) is 60.7 Å². The molecule has 1 aliphatic heterocycles. The van der Waals surface area contributed by atoms with Gasteiger partial charge in [-0.25, -0.2) is 0 Å². The third kappa shape index (κ3) is 6.09. The zero-order chi connectivity index (χ0) is 20.6. The van der Waals surface area contributed by atoms with E-state index in [4.69, 9.17) is 14.2 Å². The van der Waals surface area contributed by atoms with E-state index in [0.29, 0.717) is 6.61 Å². The largest absolute Gasteiger partial charge is 0.388 e. The van der Waals surface area contributed by atoms with Crippen LogP contribution in [-0.2, 0) is 32.2 Å². The molecule has 2 aromatic carbocycles. The van der Waals surface area contributed by atoms with Crippen molar-refractivity contribution < 1.29 is 29.2 Å². The Morgan fingerprint density at radius 1 is 1.00 bits per heavy atom. The number of nitrogens with one attached hydrogen (secondary N) is 1. The number of rotatable bonds is 8. The molecular weight excluding hydrogens is 374 g/mol. The highest BCUT2D eigenvalue weighted by Gasteiger charge is 2.46. The zero-order valence-corrected chi connectivity index (χ0v) is 16.3. The van der Waals surface area contributed by atoms with Crippen molar-refractivity contribution in [2.75, 3.05) is 6.61 Å². The van der Waals surface area contributed by atoms with E-state index in [1.54, 1.807) is 0 Å². The molecule has 3 rings (SSSR count). The highest BCUT2D eigenvalue weighted by molar-refractivity contribution is 5.73. The molecule has 1 aliphatic rings. The minimum absolute atomic E-state index is 0.0745. The Balaban J connectivity index is 1.64. The van der Waals surface area contributed by atoms with Crippen molar-refractivity contribution in [3.8, 4) is 0 Å². The fourth-order valence-electron chi connectivity index (χ4n) is 3.29. The van der Waals surface area contributed by atoms with Crippen LogP contribution in [0.2, 0.25) is 0 Å². The summed E-state index contributed by atoms with van der Waals surface area (Å²) in [5.74, 6) is -0.350. The van der Waals surface area contributed by atoms with Gasteiger partial charge in [0.2, 0.25) is 5.91 Å². The molecule has 1 heterocycles. The number of benzene rings is 2. The highest BCUT2D eigenvalue weighted by Crippen LogP contribution is 2.24. The van der Waals surface area contributed by atoms with Crippen LogP contribution in [0.15, 0.2) is 60.7 Å². The average molecular weight is 401 g/mol. The lowest BCUT2D eigenvalue weighted by Gasteiger charge is -2.42. The zero-order valence-electron chi connectivity index (χ0n) is 16.3. The standard InChI is InChI=1S/C22H27NO6/c1-15(24)23-19-21(28-13-17-10-6-3-7-11-17)20(25)18(29-22(19)26)14-27-12-16-8-4-2-5-9-16/h2-11,18-22,25-26H,12-14H2,1H3,(H,23,24)/t18-,19-,20+,21-,22-/m1/s1. The number of hydrogen-bond acceptors (Lipinski definition) is 6. The van der Waals surface area contributed by atoms with Crippen molar-refractivity contribution in [2.45, 2.75) is 50.8 Å². The SMILES string of the molecule is CC(=O)N[C@@H]1[C@@H](OCc2ccccc2)[C@@H](O)[C@@H](COCc2ccccc2)O[C@H]1O. The van der Waals surface area contributed by atoms with Crippen molar-refractivity contribution in [3.63, 3.8) is 0 Å². The first-order valence-corrected chi connectivity index (χ1v) is 9.60. The summed E-state index contributed by atoms with van der Waals surface area (Å²) in [6, 6.07) is 18.2. The summed E-state index contributed by atoms with van der Waals surface area (Å²) in [6.07, 6.45) is -4.06. The molecule has 29 heavy (non-hydrogen) atoms. The fraction of sp³-hybridized carbons (Fsp3) is 0.409. The molecule has 2 aromatic rings. The minimum Gasteiger partial charge on any atom is -0.388 e. The summed E-state index contributed by atoms with van der Waals surface area (Å²) in [7, 11) is 0. The predicted octanol–water partition coefficient (Wildman–Crippen LogP) is 1.37. The summed E-state index contributed by atoms with van der Waals surface area (Å²) in [6.45, 7) is 1.99. The molecule has 156 valence electrons. The van der Waals surface area contributed by atoms with Gasteiger partial charge in [-0.2, -0.15) is 0 Å². The average Bonchev–Trinajstić information content (AvgIpc) is 2.72. The van der Waals surface area contributed by atoms with Gasteiger partial charge < -0.3 is 29.7 Å². The summed E-state index contributed by atoms with van der Waals surface area (Å²) < 4.78 is 17.1. The Bertz CT molecular complexity index is 756. The molecule has 3 N–H and O–H groups in total. The van der Waals surface area contributed by atoms with E-state index < -0.39 is 30.6 Å². The number of aliphatic hydroxyl groups is 2. The number of ether oxygens (including phenoxy) is 3. The maximum absolute atomic E-state index is 11.6. The summed E-state index contributed by atoms with van der Waals surface area (Å²) in [4.78, 5) is 11.6. The van der Waals surface area contributed by atoms with Gasteiger partial charge in [-0.3, -0.25) is 4.79 Å². The van der Waals surface area contributed by atoms with E-state index in [2.05, 4.69) is 5.32 Å². The lowest BCUT2D eigenvalue weighted by atomic mass is 9.96. The van der Waals surface area contributed by atoms with Crippen LogP contribution >= 0.6 is 0 Å². The molecule has 1 amide bonds. The van der Waals surface area contributed by atoms with Crippen molar-refractivity contribution in [1.29, 1.82) is 0 Å². The first-order valence-electron chi connectivity index (χ1n) is 9.60. The molecule has 1 saturated heterocycles. The molecular formula is C22H27NO6. The monoisotopic (exact) mass is 401 g/mol. The highest BCUT2D eigenvalue weighted by atomic mass is 16.6. The van der Waals surface area contributed by atoms with Gasteiger partial charge in [0.1, 0.15) is 24.4 Å². The molecule has 0 bridgehead atoms. The van der Waals surface area contributed by atoms with Gasteiger partial charge in [0.25, 0.3) is 0 Å². The topological polar surface area (TPSA) is 97.3 Å².